The number of nitrogens with zero attached hydrogens (tertiary/aromatic N) is 4. The Hall–Kier alpha value is -4.18. The summed E-state index contributed by atoms with van der Waals surface area (Å²) in [7, 11) is 0. The number of aliphatic hydroxyl groups is 2. The average Bonchev–Trinajstić information content (AvgIpc) is 3.19. The summed E-state index contributed by atoms with van der Waals surface area (Å²) >= 11 is 0. The van der Waals surface area contributed by atoms with Gasteiger partial charge in [0, 0.05) is 23.7 Å². The summed E-state index contributed by atoms with van der Waals surface area (Å²) in [6.45, 7) is 5.76. The first-order valence-corrected chi connectivity index (χ1v) is 11.1. The molecule has 9 heteroatoms. The van der Waals surface area contributed by atoms with Crippen LogP contribution in [-0.4, -0.2) is 45.5 Å². The van der Waals surface area contributed by atoms with Crippen molar-refractivity contribution in [3.63, 3.8) is 0 Å². The third kappa shape index (κ3) is 5.02. The van der Waals surface area contributed by atoms with Crippen molar-refractivity contribution in [2.24, 2.45) is 0 Å². The minimum Gasteiger partial charge on any atom is -0.488 e. The molecule has 4 N–H and O–H groups in total. The van der Waals surface area contributed by atoms with Crippen molar-refractivity contribution in [2.45, 2.75) is 31.8 Å². The summed E-state index contributed by atoms with van der Waals surface area (Å²) in [5, 5.41) is 45.3. The van der Waals surface area contributed by atoms with Crippen molar-refractivity contribution in [1.29, 1.82) is 10.5 Å². The van der Waals surface area contributed by atoms with E-state index in [0.717, 1.165) is 16.8 Å². The van der Waals surface area contributed by atoms with Gasteiger partial charge in [-0.05, 0) is 55.8 Å². The third-order valence-corrected chi connectivity index (χ3v) is 5.80. The molecule has 0 saturated carbocycles. The molecule has 0 saturated heterocycles. The second kappa shape index (κ2) is 9.22. The number of nitriles is 2. The van der Waals surface area contributed by atoms with Gasteiger partial charge >= 0.3 is 0 Å². The van der Waals surface area contributed by atoms with E-state index in [4.69, 9.17) is 4.74 Å². The molecule has 1 aromatic heterocycles. The molecule has 2 aromatic carbocycles. The minimum absolute atomic E-state index is 0.0538. The predicted molar refractivity (Wildman–Crippen MR) is 131 cm³/mol. The molecule has 9 nitrogen and oxygen atoms in total. The second-order valence-electron chi connectivity index (χ2n) is 9.44. The summed E-state index contributed by atoms with van der Waals surface area (Å²) in [6, 6.07) is 14.7. The highest BCUT2D eigenvalue weighted by molar-refractivity contribution is 5.76. The lowest BCUT2D eigenvalue weighted by Gasteiger charge is -2.21. The van der Waals surface area contributed by atoms with Crippen molar-refractivity contribution in [2.75, 3.05) is 30.4 Å². The number of benzene rings is 2. The maximum atomic E-state index is 10.0. The Morgan fingerprint density at radius 1 is 1.20 bits per heavy atom. The van der Waals surface area contributed by atoms with E-state index in [1.807, 2.05) is 13.0 Å². The first-order chi connectivity index (χ1) is 16.7. The van der Waals surface area contributed by atoms with Gasteiger partial charge in [0.05, 0.1) is 46.5 Å². The van der Waals surface area contributed by atoms with Gasteiger partial charge in [-0.1, -0.05) is 6.92 Å². The van der Waals surface area contributed by atoms with Gasteiger partial charge in [0.15, 0.2) is 0 Å². The van der Waals surface area contributed by atoms with E-state index in [0.29, 0.717) is 34.8 Å². The van der Waals surface area contributed by atoms with Gasteiger partial charge in [-0.25, -0.2) is 9.97 Å². The standard InChI is InChI=1S/C26H26N6O3/c1-25(2,34)15-35-22-5-4-16(11-27)8-21(22)32-24-29-7-6-20(31-24)17-9-18(12-28)23-19(10-17)26(3,14-33)13-30-23/h4-10,30,33-34H,13-15H2,1-3H3,(H,29,31,32). The van der Waals surface area contributed by atoms with Crippen LogP contribution >= 0.6 is 0 Å². The molecule has 2 heterocycles. The number of fused-ring (bicyclic) bond motifs is 1. The Bertz CT molecular complexity index is 1350. The smallest absolute Gasteiger partial charge is 0.227 e. The predicted octanol–water partition coefficient (Wildman–Crippen LogP) is 3.46. The fourth-order valence-corrected chi connectivity index (χ4v) is 3.84. The van der Waals surface area contributed by atoms with E-state index >= 15 is 0 Å². The van der Waals surface area contributed by atoms with E-state index < -0.39 is 11.0 Å². The molecule has 178 valence electrons. The van der Waals surface area contributed by atoms with Crippen molar-refractivity contribution >= 4 is 17.3 Å². The van der Waals surface area contributed by atoms with Crippen LogP contribution < -0.4 is 15.4 Å². The maximum absolute atomic E-state index is 10.0. The van der Waals surface area contributed by atoms with Crippen LogP contribution in [-0.2, 0) is 5.41 Å². The molecule has 1 aliphatic heterocycles. The van der Waals surface area contributed by atoms with Crippen LogP contribution in [0.2, 0.25) is 0 Å². The van der Waals surface area contributed by atoms with E-state index in [1.54, 1.807) is 50.4 Å². The van der Waals surface area contributed by atoms with E-state index in [9.17, 15) is 20.7 Å². The Morgan fingerprint density at radius 3 is 2.69 bits per heavy atom. The van der Waals surface area contributed by atoms with Gasteiger partial charge in [-0.2, -0.15) is 10.5 Å². The highest BCUT2D eigenvalue weighted by Crippen LogP contribution is 2.41. The number of hydrogen-bond acceptors (Lipinski definition) is 9. The topological polar surface area (TPSA) is 147 Å². The summed E-state index contributed by atoms with van der Waals surface area (Å²) in [5.41, 5.74) is 2.76. The van der Waals surface area contributed by atoms with E-state index in [1.165, 1.54) is 0 Å². The number of hydrogen-bond donors (Lipinski definition) is 4. The SMILES string of the molecule is CC(C)(O)COc1ccc(C#N)cc1Nc1nccc(-c2cc(C#N)c3c(c2)C(C)(CO)CN3)n1. The number of ether oxygens (including phenoxy) is 1. The summed E-state index contributed by atoms with van der Waals surface area (Å²) in [4.78, 5) is 8.91. The molecular weight excluding hydrogens is 444 g/mol. The van der Waals surface area contributed by atoms with Crippen LogP contribution in [0.25, 0.3) is 11.3 Å². The first kappa shape index (κ1) is 24.0. The lowest BCUT2D eigenvalue weighted by molar-refractivity contribution is 0.0287. The molecule has 0 amide bonds. The van der Waals surface area contributed by atoms with Crippen LogP contribution in [0.15, 0.2) is 42.6 Å². The van der Waals surface area contributed by atoms with Crippen molar-refractivity contribution < 1.29 is 14.9 Å². The monoisotopic (exact) mass is 470 g/mol. The molecule has 1 unspecified atom stereocenters. The molecule has 3 aromatic rings. The van der Waals surface area contributed by atoms with Gasteiger partial charge < -0.3 is 25.6 Å². The Balaban J connectivity index is 1.70. The number of rotatable bonds is 7. The quantitative estimate of drug-likeness (QED) is 0.407. The van der Waals surface area contributed by atoms with Gasteiger partial charge in [-0.3, -0.25) is 0 Å². The van der Waals surface area contributed by atoms with Crippen LogP contribution in [0.3, 0.4) is 0 Å². The van der Waals surface area contributed by atoms with Crippen LogP contribution in [0.1, 0.15) is 37.5 Å². The largest absolute Gasteiger partial charge is 0.488 e. The highest BCUT2D eigenvalue weighted by atomic mass is 16.5. The van der Waals surface area contributed by atoms with Crippen molar-refractivity contribution in [3.05, 3.63) is 59.3 Å². The average molecular weight is 471 g/mol. The lowest BCUT2D eigenvalue weighted by atomic mass is 9.83. The fourth-order valence-electron chi connectivity index (χ4n) is 3.84. The van der Waals surface area contributed by atoms with Gasteiger partial charge in [0.2, 0.25) is 5.95 Å². The molecular formula is C26H26N6O3. The van der Waals surface area contributed by atoms with E-state index in [-0.39, 0.29) is 19.2 Å². The van der Waals surface area contributed by atoms with Gasteiger partial charge in [0.25, 0.3) is 0 Å². The molecule has 0 fully saturated rings. The molecule has 0 spiro atoms. The minimum atomic E-state index is -1.04. The Morgan fingerprint density at radius 2 is 2.00 bits per heavy atom. The number of aromatic nitrogens is 2. The zero-order valence-corrected chi connectivity index (χ0v) is 19.8. The van der Waals surface area contributed by atoms with Crippen LogP contribution in [0, 0.1) is 22.7 Å². The first-order valence-electron chi connectivity index (χ1n) is 11.1. The summed E-state index contributed by atoms with van der Waals surface area (Å²) in [6.07, 6.45) is 1.60. The van der Waals surface area contributed by atoms with Crippen molar-refractivity contribution in [1.82, 2.24) is 9.97 Å². The molecule has 4 rings (SSSR count). The Kier molecular flexibility index (Phi) is 6.31. The second-order valence-corrected chi connectivity index (χ2v) is 9.44. The maximum Gasteiger partial charge on any atom is 0.227 e. The molecule has 1 atom stereocenters. The highest BCUT2D eigenvalue weighted by Gasteiger charge is 2.36. The number of anilines is 3. The summed E-state index contributed by atoms with van der Waals surface area (Å²) in [5.74, 6) is 0.710. The zero-order valence-electron chi connectivity index (χ0n) is 19.8. The van der Waals surface area contributed by atoms with Crippen LogP contribution in [0.5, 0.6) is 5.75 Å². The lowest BCUT2D eigenvalue weighted by Crippen LogP contribution is -2.28. The number of aliphatic hydroxyl groups excluding tert-OH is 1. The normalized spacial score (nSPS) is 16.5. The Labute approximate surface area is 203 Å². The molecule has 0 aliphatic carbocycles. The molecule has 0 radical (unpaired) electrons. The molecule has 0 bridgehead atoms. The van der Waals surface area contributed by atoms with Crippen molar-refractivity contribution in [3.8, 4) is 29.1 Å². The molecule has 1 aliphatic rings. The summed E-state index contributed by atoms with van der Waals surface area (Å²) < 4.78 is 5.76. The molecule has 35 heavy (non-hydrogen) atoms. The van der Waals surface area contributed by atoms with Gasteiger partial charge in [0.1, 0.15) is 18.4 Å². The van der Waals surface area contributed by atoms with E-state index in [2.05, 4.69) is 32.7 Å². The zero-order chi connectivity index (χ0) is 25.2. The number of nitrogens with one attached hydrogen (secondary N) is 2. The van der Waals surface area contributed by atoms with Crippen LogP contribution in [0.4, 0.5) is 17.3 Å². The van der Waals surface area contributed by atoms with Gasteiger partial charge in [-0.15, -0.1) is 0 Å². The third-order valence-electron chi connectivity index (χ3n) is 5.80. The fraction of sp³-hybridized carbons (Fsp3) is 0.308.